The second kappa shape index (κ2) is 8.35. The molecule has 1 aliphatic heterocycles. The van der Waals surface area contributed by atoms with Gasteiger partial charge in [0.15, 0.2) is 23.1 Å². The highest BCUT2D eigenvalue weighted by atomic mass is 19.2. The largest absolute Gasteiger partial charge is 0.493 e. The number of nitrogens with one attached hydrogen (secondary N) is 2. The van der Waals surface area contributed by atoms with Crippen LogP contribution in [0.5, 0.6) is 11.5 Å². The van der Waals surface area contributed by atoms with E-state index in [1.807, 2.05) is 0 Å². The van der Waals surface area contributed by atoms with Crippen molar-refractivity contribution in [2.45, 2.75) is 18.4 Å². The Hall–Kier alpha value is -2.67. The number of carbonyl (C=O) groups is 1. The summed E-state index contributed by atoms with van der Waals surface area (Å²) < 4.78 is 37.5. The normalized spacial score (nSPS) is 19.4. The molecule has 2 unspecified atom stereocenters. The Balaban J connectivity index is 1.84. The van der Waals surface area contributed by atoms with Gasteiger partial charge < -0.3 is 20.1 Å². The van der Waals surface area contributed by atoms with Crippen molar-refractivity contribution in [2.75, 3.05) is 27.3 Å². The monoisotopic (exact) mass is 376 g/mol. The van der Waals surface area contributed by atoms with Crippen molar-refractivity contribution in [3.05, 3.63) is 59.2 Å². The highest BCUT2D eigenvalue weighted by molar-refractivity contribution is 5.98. The molecule has 1 heterocycles. The number of hydrogen-bond donors (Lipinski definition) is 2. The molecule has 1 aliphatic rings. The molecule has 5 nitrogen and oxygen atoms in total. The summed E-state index contributed by atoms with van der Waals surface area (Å²) in [5.41, 5.74) is 1.02. The summed E-state index contributed by atoms with van der Waals surface area (Å²) in [6, 6.07) is 8.70. The van der Waals surface area contributed by atoms with E-state index in [2.05, 4.69) is 10.6 Å². The maximum Gasteiger partial charge on any atom is 0.255 e. The Labute approximate surface area is 156 Å². The van der Waals surface area contributed by atoms with Crippen LogP contribution in [0.25, 0.3) is 0 Å². The van der Waals surface area contributed by atoms with Crippen LogP contribution in [-0.4, -0.2) is 39.3 Å². The van der Waals surface area contributed by atoms with Crippen molar-refractivity contribution >= 4 is 5.91 Å². The maximum absolute atomic E-state index is 13.7. The van der Waals surface area contributed by atoms with Gasteiger partial charge >= 0.3 is 0 Å². The molecule has 27 heavy (non-hydrogen) atoms. The van der Waals surface area contributed by atoms with Gasteiger partial charge in [0.05, 0.1) is 19.8 Å². The second-order valence-electron chi connectivity index (χ2n) is 6.39. The Kier molecular flexibility index (Phi) is 5.91. The highest BCUT2D eigenvalue weighted by Gasteiger charge is 2.29. The van der Waals surface area contributed by atoms with E-state index in [1.54, 1.807) is 24.3 Å². The van der Waals surface area contributed by atoms with Crippen LogP contribution in [-0.2, 0) is 0 Å². The maximum atomic E-state index is 13.7. The summed E-state index contributed by atoms with van der Waals surface area (Å²) in [7, 11) is 2.98. The average molecular weight is 376 g/mol. The third-order valence-electron chi connectivity index (χ3n) is 4.82. The van der Waals surface area contributed by atoms with Gasteiger partial charge in [-0.1, -0.05) is 12.1 Å². The minimum atomic E-state index is -0.884. The number of hydrogen-bond acceptors (Lipinski definition) is 4. The van der Waals surface area contributed by atoms with Crippen LogP contribution in [0.1, 0.15) is 28.3 Å². The van der Waals surface area contributed by atoms with E-state index in [1.165, 1.54) is 20.3 Å². The van der Waals surface area contributed by atoms with Gasteiger partial charge in [0.1, 0.15) is 0 Å². The molecule has 144 valence electrons. The van der Waals surface area contributed by atoms with Crippen molar-refractivity contribution in [3.8, 4) is 11.5 Å². The molecular weight excluding hydrogens is 354 g/mol. The molecule has 0 aromatic heterocycles. The molecule has 0 aliphatic carbocycles. The number of methoxy groups -OCH3 is 2. The number of amides is 1. The van der Waals surface area contributed by atoms with Crippen molar-refractivity contribution in [1.29, 1.82) is 0 Å². The number of benzene rings is 2. The highest BCUT2D eigenvalue weighted by Crippen LogP contribution is 2.32. The summed E-state index contributed by atoms with van der Waals surface area (Å²) >= 11 is 0. The first-order valence-electron chi connectivity index (χ1n) is 8.72. The fourth-order valence-corrected chi connectivity index (χ4v) is 3.46. The minimum absolute atomic E-state index is 0.123. The molecule has 3 rings (SSSR count). The molecule has 1 amide bonds. The molecular formula is C20H22F2N2O3. The molecule has 2 N–H and O–H groups in total. The van der Waals surface area contributed by atoms with E-state index >= 15 is 0 Å². The zero-order chi connectivity index (χ0) is 19.4. The summed E-state index contributed by atoms with van der Waals surface area (Å²) in [6.45, 7) is 1.26. The molecule has 0 saturated carbocycles. The lowest BCUT2D eigenvalue weighted by Crippen LogP contribution is -2.50. The Bertz CT molecular complexity index is 829. The Morgan fingerprint density at radius 1 is 1.15 bits per heavy atom. The lowest BCUT2D eigenvalue weighted by atomic mass is 9.85. The average Bonchev–Trinajstić information content (AvgIpc) is 2.69. The molecule has 1 fully saturated rings. The van der Waals surface area contributed by atoms with Gasteiger partial charge in [-0.3, -0.25) is 4.79 Å². The molecule has 2 aromatic carbocycles. The number of carbonyl (C=O) groups excluding carboxylic acids is 1. The summed E-state index contributed by atoms with van der Waals surface area (Å²) in [4.78, 5) is 12.9. The topological polar surface area (TPSA) is 59.6 Å². The Morgan fingerprint density at radius 2 is 1.96 bits per heavy atom. The first-order chi connectivity index (χ1) is 13.0. The van der Waals surface area contributed by atoms with Gasteiger partial charge in [-0.05, 0) is 42.8 Å². The summed E-state index contributed by atoms with van der Waals surface area (Å²) in [5.74, 6) is -1.39. The number of para-hydroxylation sites is 1. The van der Waals surface area contributed by atoms with Crippen molar-refractivity contribution < 1.29 is 23.0 Å². The standard InChI is InChI=1S/C20H22F2N2O3/c1-26-18-5-3-4-14(19(18)27-2)20(25)24-17-11-23-9-8-13(17)12-6-7-15(21)16(22)10-12/h3-7,10,13,17,23H,8-9,11H2,1-2H3,(H,24,25). The molecule has 0 radical (unpaired) electrons. The number of piperidine rings is 1. The first-order valence-corrected chi connectivity index (χ1v) is 8.72. The SMILES string of the molecule is COc1cccc(C(=O)NC2CNCCC2c2ccc(F)c(F)c2)c1OC. The lowest BCUT2D eigenvalue weighted by molar-refractivity contribution is 0.0920. The Morgan fingerprint density at radius 3 is 2.67 bits per heavy atom. The van der Waals surface area contributed by atoms with E-state index in [4.69, 9.17) is 9.47 Å². The van der Waals surface area contributed by atoms with E-state index < -0.39 is 11.6 Å². The van der Waals surface area contributed by atoms with Gasteiger partial charge in [-0.25, -0.2) is 8.78 Å². The van der Waals surface area contributed by atoms with E-state index in [-0.39, 0.29) is 17.9 Å². The molecule has 2 atom stereocenters. The quantitative estimate of drug-likeness (QED) is 0.843. The van der Waals surface area contributed by atoms with E-state index in [0.717, 1.165) is 12.6 Å². The lowest BCUT2D eigenvalue weighted by Gasteiger charge is -2.33. The van der Waals surface area contributed by atoms with Crippen LogP contribution >= 0.6 is 0 Å². The van der Waals surface area contributed by atoms with Crippen molar-refractivity contribution in [3.63, 3.8) is 0 Å². The summed E-state index contributed by atoms with van der Waals surface area (Å²) in [6.07, 6.45) is 0.700. The summed E-state index contributed by atoms with van der Waals surface area (Å²) in [5, 5.41) is 6.22. The number of ether oxygens (including phenoxy) is 2. The van der Waals surface area contributed by atoms with Crippen LogP contribution in [0.3, 0.4) is 0 Å². The van der Waals surface area contributed by atoms with E-state index in [0.29, 0.717) is 35.6 Å². The van der Waals surface area contributed by atoms with Crippen LogP contribution in [0, 0.1) is 11.6 Å². The first kappa shape index (κ1) is 19.1. The molecule has 0 bridgehead atoms. The predicted octanol–water partition coefficient (Wildman–Crippen LogP) is 2.86. The third-order valence-corrected chi connectivity index (χ3v) is 4.82. The number of rotatable bonds is 5. The van der Waals surface area contributed by atoms with Gasteiger partial charge in [0.2, 0.25) is 0 Å². The minimum Gasteiger partial charge on any atom is -0.493 e. The van der Waals surface area contributed by atoms with Gasteiger partial charge in [-0.15, -0.1) is 0 Å². The van der Waals surface area contributed by atoms with Gasteiger partial charge in [0, 0.05) is 18.5 Å². The van der Waals surface area contributed by atoms with E-state index in [9.17, 15) is 13.6 Å². The predicted molar refractivity (Wildman–Crippen MR) is 97.4 cm³/mol. The third kappa shape index (κ3) is 4.03. The van der Waals surface area contributed by atoms with Crippen LogP contribution < -0.4 is 20.1 Å². The van der Waals surface area contributed by atoms with Crippen LogP contribution in [0.15, 0.2) is 36.4 Å². The van der Waals surface area contributed by atoms with Crippen molar-refractivity contribution in [1.82, 2.24) is 10.6 Å². The number of halogens is 2. The molecule has 1 saturated heterocycles. The molecule has 2 aromatic rings. The fraction of sp³-hybridized carbons (Fsp3) is 0.350. The molecule has 0 spiro atoms. The van der Waals surface area contributed by atoms with Gasteiger partial charge in [-0.2, -0.15) is 0 Å². The second-order valence-corrected chi connectivity index (χ2v) is 6.39. The van der Waals surface area contributed by atoms with Crippen LogP contribution in [0.2, 0.25) is 0 Å². The zero-order valence-corrected chi connectivity index (χ0v) is 15.2. The fourth-order valence-electron chi connectivity index (χ4n) is 3.46. The van der Waals surface area contributed by atoms with Crippen LogP contribution in [0.4, 0.5) is 8.78 Å². The molecule has 7 heteroatoms. The zero-order valence-electron chi connectivity index (χ0n) is 15.2. The smallest absolute Gasteiger partial charge is 0.255 e. The van der Waals surface area contributed by atoms with Gasteiger partial charge in [0.25, 0.3) is 5.91 Å². The van der Waals surface area contributed by atoms with Crippen molar-refractivity contribution in [2.24, 2.45) is 0 Å².